The number of H-pyrrole nitrogens is 1. The Morgan fingerprint density at radius 2 is 2.00 bits per heavy atom. The molecule has 0 spiro atoms. The van der Waals surface area contributed by atoms with E-state index in [1.807, 2.05) is 31.2 Å². The van der Waals surface area contributed by atoms with Gasteiger partial charge in [0.1, 0.15) is 5.75 Å². The van der Waals surface area contributed by atoms with Gasteiger partial charge in [0, 0.05) is 0 Å². The Kier molecular flexibility index (Phi) is 5.04. The van der Waals surface area contributed by atoms with Crippen LogP contribution in [-0.4, -0.2) is 22.5 Å². The van der Waals surface area contributed by atoms with Crippen LogP contribution in [0.4, 0.5) is 0 Å². The largest absolute Gasteiger partial charge is 0.545 e. The van der Waals surface area contributed by atoms with Crippen LogP contribution in [0.5, 0.6) is 5.75 Å². The third kappa shape index (κ3) is 3.75. The zero-order valence-corrected chi connectivity index (χ0v) is 14.5. The molecule has 1 heterocycles. The van der Waals surface area contributed by atoms with Gasteiger partial charge >= 0.3 is 0 Å². The fourth-order valence-electron chi connectivity index (χ4n) is 2.42. The summed E-state index contributed by atoms with van der Waals surface area (Å²) in [4.78, 5) is 30.0. The lowest BCUT2D eigenvalue weighted by molar-refractivity contribution is -0.255. The van der Waals surface area contributed by atoms with Gasteiger partial charge in [0.05, 0.1) is 28.5 Å². The van der Waals surface area contributed by atoms with Crippen LogP contribution in [0.1, 0.15) is 28.7 Å². The Morgan fingerprint density at radius 3 is 2.65 bits per heavy atom. The number of carboxylic acid groups (broad SMARTS) is 1. The minimum atomic E-state index is -1.34. The second-order valence-corrected chi connectivity index (χ2v) is 5.84. The molecule has 132 valence electrons. The van der Waals surface area contributed by atoms with Crippen LogP contribution in [0.15, 0.2) is 47.3 Å². The van der Waals surface area contributed by atoms with Crippen LogP contribution in [0.25, 0.3) is 22.0 Å². The number of rotatable bonds is 5. The molecule has 0 saturated carbocycles. The van der Waals surface area contributed by atoms with E-state index in [2.05, 4.69) is 9.97 Å². The summed E-state index contributed by atoms with van der Waals surface area (Å²) < 4.78 is 5.38. The lowest BCUT2D eigenvalue weighted by Gasteiger charge is -2.06. The molecule has 0 aliphatic heterocycles. The first-order valence-electron chi connectivity index (χ1n) is 7.84. The van der Waals surface area contributed by atoms with E-state index in [0.29, 0.717) is 6.61 Å². The third-order valence-electron chi connectivity index (χ3n) is 3.65. The normalized spacial score (nSPS) is 11.5. The average Bonchev–Trinajstić information content (AvgIpc) is 2.63. The summed E-state index contributed by atoms with van der Waals surface area (Å²) in [6.07, 6.45) is 1.64. The summed E-state index contributed by atoms with van der Waals surface area (Å²) in [5.41, 5.74) is 0.551. The summed E-state index contributed by atoms with van der Waals surface area (Å²) >= 11 is 6.28. The molecule has 0 aliphatic carbocycles. The highest BCUT2D eigenvalue weighted by Crippen LogP contribution is 2.21. The number of carboxylic acids is 1. The number of nitrogens with one attached hydrogen (secondary N) is 1. The molecule has 6 nitrogen and oxygen atoms in total. The van der Waals surface area contributed by atoms with Gasteiger partial charge in [-0.15, -0.1) is 0 Å². The second kappa shape index (κ2) is 7.41. The van der Waals surface area contributed by atoms with Gasteiger partial charge < -0.3 is 19.6 Å². The highest BCUT2D eigenvalue weighted by molar-refractivity contribution is 6.50. The maximum atomic E-state index is 12.2. The van der Waals surface area contributed by atoms with Crippen LogP contribution in [0, 0.1) is 0 Å². The van der Waals surface area contributed by atoms with Crippen molar-refractivity contribution in [1.29, 1.82) is 0 Å². The number of aromatic amines is 1. The molecule has 1 aromatic heterocycles. The molecule has 3 aromatic rings. The summed E-state index contributed by atoms with van der Waals surface area (Å²) in [5, 5.41) is 11.5. The molecular formula is C19H14ClN2O4-. The number of hydrogen-bond donors (Lipinski definition) is 1. The van der Waals surface area contributed by atoms with E-state index in [9.17, 15) is 14.7 Å². The van der Waals surface area contributed by atoms with E-state index in [1.54, 1.807) is 6.08 Å². The van der Waals surface area contributed by atoms with E-state index in [-0.39, 0.29) is 27.3 Å². The second-order valence-electron chi connectivity index (χ2n) is 5.43. The zero-order chi connectivity index (χ0) is 18.7. The van der Waals surface area contributed by atoms with Gasteiger partial charge in [0.15, 0.2) is 5.82 Å². The molecule has 0 radical (unpaired) electrons. The van der Waals surface area contributed by atoms with Gasteiger partial charge in [0.25, 0.3) is 5.56 Å². The maximum absolute atomic E-state index is 12.2. The summed E-state index contributed by atoms with van der Waals surface area (Å²) in [7, 11) is 0. The fraction of sp³-hybridized carbons (Fsp3) is 0.105. The van der Waals surface area contributed by atoms with Crippen molar-refractivity contribution in [2.24, 2.45) is 0 Å². The molecule has 0 unspecified atom stereocenters. The minimum Gasteiger partial charge on any atom is -0.545 e. The van der Waals surface area contributed by atoms with Crippen molar-refractivity contribution in [3.8, 4) is 5.75 Å². The van der Waals surface area contributed by atoms with E-state index < -0.39 is 11.5 Å². The monoisotopic (exact) mass is 369 g/mol. The van der Waals surface area contributed by atoms with E-state index in [0.717, 1.165) is 11.3 Å². The summed E-state index contributed by atoms with van der Waals surface area (Å²) in [6.45, 7) is 2.48. The molecule has 2 aromatic carbocycles. The maximum Gasteiger partial charge on any atom is 0.259 e. The minimum absolute atomic E-state index is 0.0619. The Bertz CT molecular complexity index is 1060. The molecule has 0 aliphatic rings. The molecule has 3 rings (SSSR count). The van der Waals surface area contributed by atoms with Crippen molar-refractivity contribution < 1.29 is 14.6 Å². The molecule has 0 bridgehead atoms. The first-order chi connectivity index (χ1) is 12.5. The van der Waals surface area contributed by atoms with E-state index in [4.69, 9.17) is 16.3 Å². The van der Waals surface area contributed by atoms with Gasteiger partial charge in [-0.2, -0.15) is 0 Å². The van der Waals surface area contributed by atoms with E-state index >= 15 is 0 Å². The first-order valence-corrected chi connectivity index (χ1v) is 8.21. The third-order valence-corrected chi connectivity index (χ3v) is 3.94. The fourth-order valence-corrected chi connectivity index (χ4v) is 2.64. The van der Waals surface area contributed by atoms with Gasteiger partial charge in [-0.3, -0.25) is 4.79 Å². The average molecular weight is 370 g/mol. The Labute approximate surface area is 153 Å². The number of aromatic nitrogens is 2. The molecule has 7 heteroatoms. The molecule has 0 saturated heterocycles. The van der Waals surface area contributed by atoms with Crippen LogP contribution >= 0.6 is 11.6 Å². The molecule has 0 amide bonds. The lowest BCUT2D eigenvalue weighted by atomic mass is 10.1. The molecule has 26 heavy (non-hydrogen) atoms. The Morgan fingerprint density at radius 1 is 1.27 bits per heavy atom. The van der Waals surface area contributed by atoms with E-state index in [1.165, 1.54) is 18.2 Å². The molecular weight excluding hydrogens is 356 g/mol. The highest BCUT2D eigenvalue weighted by atomic mass is 35.5. The summed E-state index contributed by atoms with van der Waals surface area (Å²) in [5.74, 6) is -0.451. The molecule has 1 N–H and O–H groups in total. The lowest BCUT2D eigenvalue weighted by Crippen LogP contribution is -2.22. The van der Waals surface area contributed by atoms with Crippen LogP contribution in [0.2, 0.25) is 0 Å². The van der Waals surface area contributed by atoms with Crippen molar-refractivity contribution in [1.82, 2.24) is 9.97 Å². The predicted molar refractivity (Wildman–Crippen MR) is 98.0 cm³/mol. The van der Waals surface area contributed by atoms with Crippen molar-refractivity contribution in [3.05, 3.63) is 69.8 Å². The summed E-state index contributed by atoms with van der Waals surface area (Å²) in [6, 6.07) is 11.2. The van der Waals surface area contributed by atoms with Gasteiger partial charge in [0.2, 0.25) is 0 Å². The molecule has 0 fully saturated rings. The standard InChI is InChI=1S/C19H15ClN2O4/c1-2-26-13-6-3-11(4-7-13)9-15(20)17-21-16-10-12(19(24)25)5-8-14(16)18(23)22-17/h3-10H,2H2,1H3,(H,24,25)(H,21,22,23)/p-1/b15-9-. The van der Waals surface area contributed by atoms with Gasteiger partial charge in [-0.05, 0) is 48.4 Å². The first kappa shape index (κ1) is 17.7. The number of ether oxygens (including phenoxy) is 1. The zero-order valence-electron chi connectivity index (χ0n) is 13.8. The number of nitrogens with zero attached hydrogens (tertiary/aromatic N) is 1. The SMILES string of the molecule is CCOc1ccc(/C=C(\Cl)c2nc3cc(C(=O)[O-])ccc3c(=O)[nH]2)cc1. The van der Waals surface area contributed by atoms with Gasteiger partial charge in [-0.1, -0.05) is 29.8 Å². The van der Waals surface area contributed by atoms with Crippen molar-refractivity contribution in [3.63, 3.8) is 0 Å². The number of carbonyl (C=O) groups excluding carboxylic acids is 1. The number of fused-ring (bicyclic) bond motifs is 1. The number of benzene rings is 2. The van der Waals surface area contributed by atoms with Crippen molar-refractivity contribution in [2.45, 2.75) is 6.92 Å². The molecule has 0 atom stereocenters. The quantitative estimate of drug-likeness (QED) is 0.745. The van der Waals surface area contributed by atoms with Gasteiger partial charge in [-0.25, -0.2) is 4.98 Å². The van der Waals surface area contributed by atoms with Crippen LogP contribution < -0.4 is 15.4 Å². The highest BCUT2D eigenvalue weighted by Gasteiger charge is 2.08. The smallest absolute Gasteiger partial charge is 0.259 e. The number of halogens is 1. The Hall–Kier alpha value is -3.12. The number of hydrogen-bond acceptors (Lipinski definition) is 5. The topological polar surface area (TPSA) is 95.1 Å². The van der Waals surface area contributed by atoms with Crippen LogP contribution in [-0.2, 0) is 0 Å². The Balaban J connectivity index is 2.00. The predicted octanol–water partition coefficient (Wildman–Crippen LogP) is 2.42. The van der Waals surface area contributed by atoms with Crippen LogP contribution in [0.3, 0.4) is 0 Å². The number of aromatic carboxylic acids is 1. The number of carbonyl (C=O) groups is 1. The van der Waals surface area contributed by atoms with Crippen molar-refractivity contribution >= 4 is 39.6 Å². The van der Waals surface area contributed by atoms with Crippen molar-refractivity contribution in [2.75, 3.05) is 6.61 Å².